The molecule has 1 fully saturated rings. The lowest BCUT2D eigenvalue weighted by Gasteiger charge is -2.43. The lowest BCUT2D eigenvalue weighted by atomic mass is 9.64. The molecule has 5 nitrogen and oxygen atoms in total. The largest absolute Gasteiger partial charge is 0.356 e. The van der Waals surface area contributed by atoms with E-state index < -0.39 is 15.7 Å². The molecular weight excluding hydrogens is 535 g/mol. The smallest absolute Gasteiger partial charge is 0.191 e. The van der Waals surface area contributed by atoms with E-state index in [-0.39, 0.29) is 47.5 Å². The quantitative estimate of drug-likeness (QED) is 0.305. The Bertz CT molecular complexity index is 1020. The molecule has 1 saturated carbocycles. The van der Waals surface area contributed by atoms with E-state index in [1.165, 1.54) is 30.3 Å². The number of benzene rings is 2. The molecule has 2 aromatic carbocycles. The van der Waals surface area contributed by atoms with Crippen molar-refractivity contribution in [3.63, 3.8) is 0 Å². The predicted molar refractivity (Wildman–Crippen MR) is 130 cm³/mol. The normalized spacial score (nSPS) is 15.5. The highest BCUT2D eigenvalue weighted by Crippen LogP contribution is 2.43. The summed E-state index contributed by atoms with van der Waals surface area (Å²) in [4.78, 5) is 4.22. The van der Waals surface area contributed by atoms with Crippen LogP contribution in [0.1, 0.15) is 36.0 Å². The first-order chi connectivity index (χ1) is 14.2. The van der Waals surface area contributed by atoms with Crippen LogP contribution in [0, 0.1) is 11.6 Å². The zero-order valence-corrected chi connectivity index (χ0v) is 20.8. The van der Waals surface area contributed by atoms with E-state index in [4.69, 9.17) is 0 Å². The minimum absolute atomic E-state index is 0. The zero-order valence-electron chi connectivity index (χ0n) is 17.6. The summed E-state index contributed by atoms with van der Waals surface area (Å²) in [7, 11) is -1.60. The average molecular weight is 563 g/mol. The summed E-state index contributed by atoms with van der Waals surface area (Å²) in [5.41, 5.74) is 2.16. The molecule has 0 bridgehead atoms. The van der Waals surface area contributed by atoms with Gasteiger partial charge in [-0.25, -0.2) is 17.2 Å². The van der Waals surface area contributed by atoms with Crippen molar-refractivity contribution in [1.29, 1.82) is 0 Å². The number of nitrogens with zero attached hydrogens (tertiary/aromatic N) is 1. The first-order valence-corrected chi connectivity index (χ1v) is 11.9. The second-order valence-corrected chi connectivity index (χ2v) is 10.0. The maximum Gasteiger partial charge on any atom is 0.191 e. The third kappa shape index (κ3) is 6.86. The van der Waals surface area contributed by atoms with Crippen molar-refractivity contribution in [3.05, 3.63) is 70.8 Å². The van der Waals surface area contributed by atoms with Crippen LogP contribution in [-0.2, 0) is 27.5 Å². The third-order valence-corrected chi connectivity index (χ3v) is 6.45. The molecule has 2 N–H and O–H groups in total. The van der Waals surface area contributed by atoms with Crippen LogP contribution in [-0.4, -0.2) is 34.2 Å². The van der Waals surface area contributed by atoms with E-state index in [1.807, 2.05) is 12.1 Å². The Labute approximate surface area is 199 Å². The number of aliphatic imine (C=N–C) groups is 1. The van der Waals surface area contributed by atoms with Gasteiger partial charge in [0.25, 0.3) is 0 Å². The van der Waals surface area contributed by atoms with Crippen molar-refractivity contribution in [3.8, 4) is 0 Å². The number of nitrogens with one attached hydrogen (secondary N) is 2. The molecule has 0 aliphatic heterocycles. The van der Waals surface area contributed by atoms with Crippen LogP contribution in [0.3, 0.4) is 0 Å². The van der Waals surface area contributed by atoms with Crippen LogP contribution >= 0.6 is 24.0 Å². The highest BCUT2D eigenvalue weighted by molar-refractivity contribution is 14.0. The summed E-state index contributed by atoms with van der Waals surface area (Å²) in [6.45, 7) is 0.878. The van der Waals surface area contributed by atoms with Crippen LogP contribution < -0.4 is 10.6 Å². The van der Waals surface area contributed by atoms with E-state index in [0.29, 0.717) is 23.6 Å². The molecule has 2 aromatic rings. The Morgan fingerprint density at radius 1 is 1.03 bits per heavy atom. The Kier molecular flexibility index (Phi) is 8.82. The monoisotopic (exact) mass is 563 g/mol. The van der Waals surface area contributed by atoms with E-state index in [1.54, 1.807) is 7.05 Å². The number of sulfone groups is 1. The van der Waals surface area contributed by atoms with Crippen molar-refractivity contribution < 1.29 is 17.2 Å². The highest BCUT2D eigenvalue weighted by atomic mass is 127. The fraction of sp³-hybridized carbons (Fsp3) is 0.409. The Morgan fingerprint density at radius 3 is 2.23 bits per heavy atom. The SMILES string of the molecule is CN=C(NCc1cc(F)ccc1CS(C)(=O)=O)NCC1(c2ccc(F)cc2)CCC1.I. The number of halogens is 3. The molecule has 31 heavy (non-hydrogen) atoms. The summed E-state index contributed by atoms with van der Waals surface area (Å²) in [5.74, 6) is -0.280. The van der Waals surface area contributed by atoms with Crippen LogP contribution in [0.5, 0.6) is 0 Å². The van der Waals surface area contributed by atoms with Gasteiger partial charge < -0.3 is 10.6 Å². The Hall–Kier alpha value is -1.75. The Balaban J connectivity index is 0.00000341. The van der Waals surface area contributed by atoms with Gasteiger partial charge in [0.15, 0.2) is 15.8 Å². The fourth-order valence-corrected chi connectivity index (χ4v) is 4.66. The maximum atomic E-state index is 13.7. The molecule has 0 spiro atoms. The van der Waals surface area contributed by atoms with Gasteiger partial charge in [-0.05, 0) is 53.8 Å². The van der Waals surface area contributed by atoms with Crippen molar-refractivity contribution in [2.24, 2.45) is 4.99 Å². The third-order valence-electron chi connectivity index (χ3n) is 5.62. The number of hydrogen-bond acceptors (Lipinski definition) is 3. The molecule has 0 heterocycles. The summed E-state index contributed by atoms with van der Waals surface area (Å²) in [6.07, 6.45) is 4.28. The predicted octanol–water partition coefficient (Wildman–Crippen LogP) is 3.91. The van der Waals surface area contributed by atoms with E-state index in [0.717, 1.165) is 31.1 Å². The highest BCUT2D eigenvalue weighted by Gasteiger charge is 2.38. The fourth-order valence-electron chi connectivity index (χ4n) is 3.81. The molecular formula is C22H28F2IN3O2S. The van der Waals surface area contributed by atoms with Gasteiger partial charge >= 0.3 is 0 Å². The van der Waals surface area contributed by atoms with E-state index >= 15 is 0 Å². The van der Waals surface area contributed by atoms with Crippen molar-refractivity contribution >= 4 is 39.8 Å². The van der Waals surface area contributed by atoms with Crippen LogP contribution in [0.2, 0.25) is 0 Å². The molecule has 1 aliphatic rings. The molecule has 0 amide bonds. The van der Waals surface area contributed by atoms with Crippen molar-refractivity contribution in [2.75, 3.05) is 19.8 Å². The molecule has 0 aromatic heterocycles. The summed E-state index contributed by atoms with van der Waals surface area (Å²) in [6, 6.07) is 10.7. The van der Waals surface area contributed by atoms with Gasteiger partial charge in [0, 0.05) is 31.8 Å². The second kappa shape index (κ2) is 10.7. The molecule has 0 unspecified atom stereocenters. The lowest BCUT2D eigenvalue weighted by Crippen LogP contribution is -2.48. The zero-order chi connectivity index (χ0) is 21.8. The number of hydrogen-bond donors (Lipinski definition) is 2. The van der Waals surface area contributed by atoms with Gasteiger partial charge in [0.05, 0.1) is 5.75 Å². The van der Waals surface area contributed by atoms with Crippen LogP contribution in [0.15, 0.2) is 47.5 Å². The van der Waals surface area contributed by atoms with Gasteiger partial charge in [0.1, 0.15) is 11.6 Å². The van der Waals surface area contributed by atoms with Gasteiger partial charge in [0.2, 0.25) is 0 Å². The molecule has 3 rings (SSSR count). The summed E-state index contributed by atoms with van der Waals surface area (Å²) < 4.78 is 50.3. The standard InChI is InChI=1S/C22H27F2N3O2S.HI/c1-25-21(26-13-17-12-20(24)7-4-16(17)14-30(2,28)29)27-15-22(10-3-11-22)18-5-8-19(23)9-6-18;/h4-9,12H,3,10-11,13-15H2,1-2H3,(H2,25,26,27);1H. The molecule has 0 radical (unpaired) electrons. The van der Waals surface area contributed by atoms with Crippen LogP contribution in [0.4, 0.5) is 8.78 Å². The van der Waals surface area contributed by atoms with Crippen molar-refractivity contribution in [2.45, 2.75) is 37.0 Å². The molecule has 9 heteroatoms. The summed E-state index contributed by atoms with van der Waals surface area (Å²) >= 11 is 0. The summed E-state index contributed by atoms with van der Waals surface area (Å²) in [5, 5.41) is 6.45. The minimum Gasteiger partial charge on any atom is -0.356 e. The molecule has 1 aliphatic carbocycles. The van der Waals surface area contributed by atoms with Gasteiger partial charge in [-0.15, -0.1) is 24.0 Å². The first-order valence-electron chi connectivity index (χ1n) is 9.86. The molecule has 0 atom stereocenters. The van der Waals surface area contributed by atoms with E-state index in [2.05, 4.69) is 15.6 Å². The molecule has 0 saturated heterocycles. The van der Waals surface area contributed by atoms with Gasteiger partial charge in [-0.1, -0.05) is 24.6 Å². The van der Waals surface area contributed by atoms with Crippen molar-refractivity contribution in [1.82, 2.24) is 10.6 Å². The minimum atomic E-state index is -3.24. The van der Waals surface area contributed by atoms with Gasteiger partial charge in [-0.3, -0.25) is 4.99 Å². The Morgan fingerprint density at radius 2 is 1.68 bits per heavy atom. The van der Waals surface area contributed by atoms with Crippen LogP contribution in [0.25, 0.3) is 0 Å². The topological polar surface area (TPSA) is 70.6 Å². The lowest BCUT2D eigenvalue weighted by molar-refractivity contribution is 0.243. The van der Waals surface area contributed by atoms with E-state index in [9.17, 15) is 17.2 Å². The maximum absolute atomic E-state index is 13.7. The number of guanidine groups is 1. The van der Waals surface area contributed by atoms with Gasteiger partial charge in [-0.2, -0.15) is 0 Å². The second-order valence-electron chi connectivity index (χ2n) is 7.90. The number of rotatable bonds is 7. The average Bonchev–Trinajstić information content (AvgIpc) is 2.65. The molecule has 170 valence electrons. The first kappa shape index (κ1) is 25.5.